The van der Waals surface area contributed by atoms with Crippen LogP contribution in [-0.4, -0.2) is 0 Å². The molecule has 0 unspecified atom stereocenters. The van der Waals surface area contributed by atoms with Crippen molar-refractivity contribution in [2.45, 2.75) is 20.8 Å². The van der Waals surface area contributed by atoms with E-state index in [1.54, 1.807) is 0 Å². The Labute approximate surface area is 71.0 Å². The Hall–Kier alpha value is -0.760. The van der Waals surface area contributed by atoms with E-state index >= 15 is 0 Å². The Morgan fingerprint density at radius 1 is 1.27 bits per heavy atom. The van der Waals surface area contributed by atoms with Crippen molar-refractivity contribution < 1.29 is 4.73 Å². The summed E-state index contributed by atoms with van der Waals surface area (Å²) in [5.74, 6) is 0. The molecule has 0 bridgehead atoms. The number of halogens is 1. The lowest BCUT2D eigenvalue weighted by Gasteiger charge is -2.04. The molecule has 0 aliphatic carbocycles. The summed E-state index contributed by atoms with van der Waals surface area (Å²) in [5.41, 5.74) is 2.71. The van der Waals surface area contributed by atoms with Gasteiger partial charge in [0.25, 0.3) is 11.3 Å². The molecule has 0 fully saturated rings. The molecule has 59 valence electrons. The number of pyridine rings is 1. The van der Waals surface area contributed by atoms with Crippen molar-refractivity contribution in [2.75, 3.05) is 0 Å². The molecule has 11 heavy (non-hydrogen) atoms. The third-order valence-electron chi connectivity index (χ3n) is 1.88. The number of aryl methyl sites for hydroxylation is 1. The van der Waals surface area contributed by atoms with Crippen LogP contribution in [0.2, 0.25) is 5.15 Å². The van der Waals surface area contributed by atoms with E-state index < -0.39 is 0 Å². The molecule has 0 saturated heterocycles. The molecule has 2 nitrogen and oxygen atoms in total. The molecule has 0 atom stereocenters. The normalized spacial score (nSPS) is 10.2. The van der Waals surface area contributed by atoms with Crippen LogP contribution < -0.4 is 4.73 Å². The summed E-state index contributed by atoms with van der Waals surface area (Å²) in [5, 5.41) is 11.2. The van der Waals surface area contributed by atoms with Crippen molar-refractivity contribution in [3.63, 3.8) is 0 Å². The van der Waals surface area contributed by atoms with Crippen molar-refractivity contribution in [3.8, 4) is 0 Å². The van der Waals surface area contributed by atoms with Crippen LogP contribution in [0.15, 0.2) is 0 Å². The second-order valence-electron chi connectivity index (χ2n) is 2.57. The summed E-state index contributed by atoms with van der Waals surface area (Å²) >= 11 is 5.67. The maximum absolute atomic E-state index is 10.9. The first-order valence-electron chi connectivity index (χ1n) is 3.32. The van der Waals surface area contributed by atoms with Gasteiger partial charge in [0.15, 0.2) is 0 Å². The highest BCUT2D eigenvalue weighted by atomic mass is 35.5. The molecular formula is C8H9ClNO. The van der Waals surface area contributed by atoms with Crippen molar-refractivity contribution in [1.29, 1.82) is 0 Å². The van der Waals surface area contributed by atoms with E-state index in [-0.39, 0.29) is 5.15 Å². The maximum Gasteiger partial charge on any atom is 0.294 e. The van der Waals surface area contributed by atoms with E-state index in [1.807, 2.05) is 20.8 Å². The first-order chi connectivity index (χ1) is 5.04. The minimum Gasteiger partial charge on any atom is -0.617 e. The van der Waals surface area contributed by atoms with E-state index in [1.165, 1.54) is 0 Å². The van der Waals surface area contributed by atoms with Crippen LogP contribution in [0, 0.1) is 32.2 Å². The quantitative estimate of drug-likeness (QED) is 0.331. The Morgan fingerprint density at radius 2 is 1.82 bits per heavy atom. The summed E-state index contributed by atoms with van der Waals surface area (Å²) < 4.78 is 0.569. The van der Waals surface area contributed by atoms with Crippen LogP contribution in [0.5, 0.6) is 0 Å². The fourth-order valence-electron chi connectivity index (χ4n) is 0.874. The Morgan fingerprint density at radius 3 is 2.36 bits per heavy atom. The molecule has 0 aliphatic heterocycles. The maximum atomic E-state index is 10.9. The zero-order valence-corrected chi connectivity index (χ0v) is 7.49. The van der Waals surface area contributed by atoms with E-state index in [4.69, 9.17) is 11.6 Å². The molecule has 1 heterocycles. The Bertz CT molecular complexity index is 270. The predicted octanol–water partition coefficient (Wildman–Crippen LogP) is 1.70. The fourth-order valence-corrected chi connectivity index (χ4v) is 1.06. The van der Waals surface area contributed by atoms with Gasteiger partial charge in [-0.3, -0.25) is 0 Å². The minimum atomic E-state index is 0.216. The largest absolute Gasteiger partial charge is 0.617 e. The smallest absolute Gasteiger partial charge is 0.294 e. The Balaban J connectivity index is 3.46. The third-order valence-corrected chi connectivity index (χ3v) is 2.32. The second-order valence-corrected chi connectivity index (χ2v) is 2.93. The Kier molecular flexibility index (Phi) is 2.05. The monoisotopic (exact) mass is 170 g/mol. The van der Waals surface area contributed by atoms with Crippen LogP contribution in [0.3, 0.4) is 0 Å². The summed E-state index contributed by atoms with van der Waals surface area (Å²) in [6, 6.07) is 0. The second kappa shape index (κ2) is 2.70. The average Bonchev–Trinajstić information content (AvgIpc) is 1.97. The third kappa shape index (κ3) is 1.31. The van der Waals surface area contributed by atoms with E-state index in [9.17, 15) is 5.21 Å². The average molecular weight is 171 g/mol. The van der Waals surface area contributed by atoms with Gasteiger partial charge >= 0.3 is 0 Å². The predicted molar refractivity (Wildman–Crippen MR) is 43.5 cm³/mol. The number of rotatable bonds is 0. The van der Waals surface area contributed by atoms with Crippen molar-refractivity contribution in [3.05, 3.63) is 33.2 Å². The van der Waals surface area contributed by atoms with Crippen molar-refractivity contribution in [1.82, 2.24) is 0 Å². The molecular weight excluding hydrogens is 162 g/mol. The molecule has 0 N–H and O–H groups in total. The summed E-state index contributed by atoms with van der Waals surface area (Å²) in [6.07, 6.45) is 2.58. The number of hydrogen-bond acceptors (Lipinski definition) is 1. The molecule has 1 aromatic heterocycles. The topological polar surface area (TPSA) is 26.9 Å². The van der Waals surface area contributed by atoms with E-state index in [0.29, 0.717) is 4.73 Å². The van der Waals surface area contributed by atoms with Gasteiger partial charge in [-0.25, -0.2) is 0 Å². The molecule has 0 amide bonds. The van der Waals surface area contributed by atoms with Gasteiger partial charge in [-0.2, -0.15) is 0 Å². The highest BCUT2D eigenvalue weighted by Crippen LogP contribution is 2.15. The van der Waals surface area contributed by atoms with E-state index in [2.05, 4.69) is 6.20 Å². The molecule has 3 heteroatoms. The van der Waals surface area contributed by atoms with Crippen LogP contribution in [0.25, 0.3) is 0 Å². The van der Waals surface area contributed by atoms with Gasteiger partial charge < -0.3 is 5.21 Å². The van der Waals surface area contributed by atoms with Crippen LogP contribution in [-0.2, 0) is 0 Å². The SMILES string of the molecule is Cc1[c][n+]([O-])c(Cl)c(C)c1C. The van der Waals surface area contributed by atoms with Gasteiger partial charge in [0.1, 0.15) is 0 Å². The van der Waals surface area contributed by atoms with Crippen molar-refractivity contribution in [2.24, 2.45) is 0 Å². The standard InChI is InChI=1S/C8H9ClNO/c1-5-4-10(11)8(9)7(3)6(5)2/h1-3H3. The molecule has 1 rings (SSSR count). The molecule has 1 radical (unpaired) electrons. The summed E-state index contributed by atoms with van der Waals surface area (Å²) in [6.45, 7) is 5.59. The minimum absolute atomic E-state index is 0.216. The van der Waals surface area contributed by atoms with Crippen LogP contribution >= 0.6 is 11.6 Å². The number of nitrogens with zero attached hydrogens (tertiary/aromatic N) is 1. The number of hydrogen-bond donors (Lipinski definition) is 0. The van der Waals surface area contributed by atoms with Crippen LogP contribution in [0.4, 0.5) is 0 Å². The lowest BCUT2D eigenvalue weighted by atomic mass is 10.1. The van der Waals surface area contributed by atoms with Crippen LogP contribution in [0.1, 0.15) is 16.7 Å². The molecule has 0 saturated carbocycles. The van der Waals surface area contributed by atoms with Gasteiger partial charge in [0, 0.05) is 11.1 Å². The van der Waals surface area contributed by atoms with Gasteiger partial charge in [-0.1, -0.05) is 0 Å². The first-order valence-corrected chi connectivity index (χ1v) is 3.70. The van der Waals surface area contributed by atoms with Gasteiger partial charge in [-0.15, -0.1) is 4.73 Å². The molecule has 0 spiro atoms. The van der Waals surface area contributed by atoms with E-state index in [0.717, 1.165) is 16.7 Å². The van der Waals surface area contributed by atoms with Gasteiger partial charge in [0.05, 0.1) is 0 Å². The molecule has 0 aromatic carbocycles. The summed E-state index contributed by atoms with van der Waals surface area (Å²) in [4.78, 5) is 0. The number of aromatic nitrogens is 1. The lowest BCUT2D eigenvalue weighted by Crippen LogP contribution is -2.29. The lowest BCUT2D eigenvalue weighted by molar-refractivity contribution is -0.608. The zero-order chi connectivity index (χ0) is 8.59. The molecule has 0 aliphatic rings. The highest BCUT2D eigenvalue weighted by molar-refractivity contribution is 6.29. The highest BCUT2D eigenvalue weighted by Gasteiger charge is 2.11. The molecule has 1 aromatic rings. The fraction of sp³-hybridized carbons (Fsp3) is 0.375. The zero-order valence-electron chi connectivity index (χ0n) is 6.73. The summed E-state index contributed by atoms with van der Waals surface area (Å²) in [7, 11) is 0. The van der Waals surface area contributed by atoms with Gasteiger partial charge in [0.2, 0.25) is 0 Å². The first kappa shape index (κ1) is 8.34. The van der Waals surface area contributed by atoms with Gasteiger partial charge in [-0.05, 0) is 37.9 Å². The van der Waals surface area contributed by atoms with Crippen molar-refractivity contribution >= 4 is 11.6 Å².